The van der Waals surface area contributed by atoms with Gasteiger partial charge in [0.05, 0.1) is 9.90 Å². The van der Waals surface area contributed by atoms with Crippen molar-refractivity contribution in [3.63, 3.8) is 0 Å². The van der Waals surface area contributed by atoms with Gasteiger partial charge >= 0.3 is 5.97 Å². The maximum atomic E-state index is 12.5. The predicted molar refractivity (Wildman–Crippen MR) is 84.4 cm³/mol. The maximum absolute atomic E-state index is 12.5. The molecule has 1 aliphatic heterocycles. The van der Waals surface area contributed by atoms with Crippen LogP contribution in [0.3, 0.4) is 0 Å². The summed E-state index contributed by atoms with van der Waals surface area (Å²) in [5, 5.41) is 8.90. The molecule has 1 aromatic rings. The van der Waals surface area contributed by atoms with Gasteiger partial charge in [-0.3, -0.25) is 9.59 Å². The molecule has 1 fully saturated rings. The summed E-state index contributed by atoms with van der Waals surface area (Å²) in [6.45, 7) is 3.19. The van der Waals surface area contributed by atoms with Gasteiger partial charge in [-0.2, -0.15) is 0 Å². The van der Waals surface area contributed by atoms with Gasteiger partial charge in [-0.25, -0.2) is 0 Å². The van der Waals surface area contributed by atoms with Crippen molar-refractivity contribution in [2.24, 2.45) is 11.8 Å². The molecule has 0 saturated carbocycles. The number of piperidine rings is 1. The molecule has 116 valence electrons. The van der Waals surface area contributed by atoms with Gasteiger partial charge in [0, 0.05) is 19.5 Å². The molecule has 0 bridgehead atoms. The van der Waals surface area contributed by atoms with Crippen molar-refractivity contribution in [2.75, 3.05) is 13.1 Å². The van der Waals surface area contributed by atoms with Crippen LogP contribution in [-0.4, -0.2) is 35.0 Å². The Kier molecular flexibility index (Phi) is 5.52. The lowest BCUT2D eigenvalue weighted by molar-refractivity contribution is -0.138. The Bertz CT molecular complexity index is 546. The van der Waals surface area contributed by atoms with E-state index in [1.807, 2.05) is 6.92 Å². The van der Waals surface area contributed by atoms with Gasteiger partial charge < -0.3 is 10.0 Å². The number of aliphatic carboxylic acids is 1. The minimum Gasteiger partial charge on any atom is -0.481 e. The van der Waals surface area contributed by atoms with E-state index in [2.05, 4.69) is 0 Å². The Balaban J connectivity index is 2.05. The lowest BCUT2D eigenvalue weighted by Crippen LogP contribution is -2.42. The first-order valence-corrected chi connectivity index (χ1v) is 8.41. The second-order valence-electron chi connectivity index (χ2n) is 5.47. The number of carbonyl (C=O) groups excluding carboxylic acids is 1. The van der Waals surface area contributed by atoms with Crippen LogP contribution in [0, 0.1) is 11.8 Å². The van der Waals surface area contributed by atoms with Gasteiger partial charge in [-0.05, 0) is 30.7 Å². The molecule has 1 saturated heterocycles. The highest BCUT2D eigenvalue weighted by molar-refractivity contribution is 7.20. The first-order chi connectivity index (χ1) is 9.88. The molecule has 2 heterocycles. The van der Waals surface area contributed by atoms with Crippen molar-refractivity contribution in [2.45, 2.75) is 26.2 Å². The number of amides is 1. The van der Waals surface area contributed by atoms with Crippen molar-refractivity contribution < 1.29 is 14.7 Å². The van der Waals surface area contributed by atoms with E-state index in [-0.39, 0.29) is 24.2 Å². The molecule has 1 aromatic heterocycles. The van der Waals surface area contributed by atoms with Crippen LogP contribution in [0.25, 0.3) is 0 Å². The number of thiophene rings is 1. The number of nitrogens with zero attached hydrogens (tertiary/aromatic N) is 1. The second kappa shape index (κ2) is 6.99. The molecule has 21 heavy (non-hydrogen) atoms. The third kappa shape index (κ3) is 4.11. The Hall–Kier alpha value is -0.780. The summed E-state index contributed by atoms with van der Waals surface area (Å²) >= 11 is 13.1. The first-order valence-electron chi connectivity index (χ1n) is 6.84. The van der Waals surface area contributed by atoms with E-state index in [9.17, 15) is 9.59 Å². The summed E-state index contributed by atoms with van der Waals surface area (Å²) < 4.78 is 0.905. The highest BCUT2D eigenvalue weighted by atomic mass is 35.5. The molecule has 0 radical (unpaired) electrons. The van der Waals surface area contributed by atoms with E-state index in [4.69, 9.17) is 28.3 Å². The van der Waals surface area contributed by atoms with E-state index in [0.29, 0.717) is 27.3 Å². The predicted octanol–water partition coefficient (Wildman–Crippen LogP) is 4.02. The molecular weight excluding hydrogens is 333 g/mol. The molecular formula is C14H17Cl2NO3S. The number of halogens is 2. The summed E-state index contributed by atoms with van der Waals surface area (Å²) in [5.41, 5.74) is 0.443. The molecule has 1 N–H and O–H groups in total. The fourth-order valence-electron chi connectivity index (χ4n) is 2.76. The number of rotatable bonds is 4. The molecule has 2 atom stereocenters. The highest BCUT2D eigenvalue weighted by Crippen LogP contribution is 2.33. The Morgan fingerprint density at radius 2 is 2.24 bits per heavy atom. The average molecular weight is 350 g/mol. The average Bonchev–Trinajstić information content (AvgIpc) is 2.76. The van der Waals surface area contributed by atoms with E-state index >= 15 is 0 Å². The summed E-state index contributed by atoms with van der Waals surface area (Å²) in [7, 11) is 0. The zero-order valence-corrected chi connectivity index (χ0v) is 14.0. The molecule has 4 nitrogen and oxygen atoms in total. The largest absolute Gasteiger partial charge is 0.481 e. The fourth-order valence-corrected chi connectivity index (χ4v) is 4.21. The highest BCUT2D eigenvalue weighted by Gasteiger charge is 2.30. The van der Waals surface area contributed by atoms with Crippen molar-refractivity contribution in [3.05, 3.63) is 20.3 Å². The summed E-state index contributed by atoms with van der Waals surface area (Å²) in [6.07, 6.45) is 1.98. The van der Waals surface area contributed by atoms with Crippen LogP contribution in [0.15, 0.2) is 6.07 Å². The lowest BCUT2D eigenvalue weighted by atomic mass is 9.84. The minimum atomic E-state index is -0.793. The van der Waals surface area contributed by atoms with Gasteiger partial charge in [0.1, 0.15) is 4.34 Å². The zero-order chi connectivity index (χ0) is 15.6. The van der Waals surface area contributed by atoms with Gasteiger partial charge in [0.15, 0.2) is 0 Å². The Labute approximate surface area is 137 Å². The van der Waals surface area contributed by atoms with Crippen LogP contribution in [0.5, 0.6) is 0 Å². The fraction of sp³-hybridized carbons (Fsp3) is 0.571. The number of carboxylic acids is 1. The Morgan fingerprint density at radius 3 is 2.81 bits per heavy atom. The lowest BCUT2D eigenvalue weighted by Gasteiger charge is -2.35. The Morgan fingerprint density at radius 1 is 1.52 bits per heavy atom. The van der Waals surface area contributed by atoms with Gasteiger partial charge in [-0.15, -0.1) is 11.3 Å². The van der Waals surface area contributed by atoms with E-state index in [1.165, 1.54) is 11.3 Å². The molecule has 0 spiro atoms. The topological polar surface area (TPSA) is 57.6 Å². The number of hydrogen-bond donors (Lipinski definition) is 1. The normalized spacial score (nSPS) is 20.3. The maximum Gasteiger partial charge on any atom is 0.303 e. The standard InChI is InChI=1S/C14H17Cl2NO3S/c1-8(5-12(18)19)9-3-2-4-17(7-9)14(20)10-6-11(15)21-13(10)16/h6,8-9H,2-5,7H2,1H3,(H,18,19). The van der Waals surface area contributed by atoms with Crippen molar-refractivity contribution in [1.82, 2.24) is 4.90 Å². The van der Waals surface area contributed by atoms with Crippen LogP contribution < -0.4 is 0 Å². The number of carbonyl (C=O) groups is 2. The van der Waals surface area contributed by atoms with Crippen LogP contribution in [0.1, 0.15) is 36.5 Å². The number of hydrogen-bond acceptors (Lipinski definition) is 3. The van der Waals surface area contributed by atoms with Gasteiger partial charge in [0.25, 0.3) is 5.91 Å². The quantitative estimate of drug-likeness (QED) is 0.892. The molecule has 0 aliphatic carbocycles. The van der Waals surface area contributed by atoms with Crippen LogP contribution in [0.4, 0.5) is 0 Å². The summed E-state index contributed by atoms with van der Waals surface area (Å²) in [5.74, 6) is -0.639. The summed E-state index contributed by atoms with van der Waals surface area (Å²) in [6, 6.07) is 1.60. The van der Waals surface area contributed by atoms with Gasteiger partial charge in [-0.1, -0.05) is 30.1 Å². The van der Waals surface area contributed by atoms with Crippen molar-refractivity contribution in [3.8, 4) is 0 Å². The molecule has 0 aromatic carbocycles. The smallest absolute Gasteiger partial charge is 0.303 e. The van der Waals surface area contributed by atoms with Crippen LogP contribution in [-0.2, 0) is 4.79 Å². The molecule has 2 unspecified atom stereocenters. The third-order valence-corrected chi connectivity index (χ3v) is 5.42. The molecule has 1 aliphatic rings. The van der Waals surface area contributed by atoms with Crippen LogP contribution >= 0.6 is 34.5 Å². The number of likely N-dealkylation sites (tertiary alicyclic amines) is 1. The molecule has 2 rings (SSSR count). The van der Waals surface area contributed by atoms with E-state index < -0.39 is 5.97 Å². The van der Waals surface area contributed by atoms with E-state index in [0.717, 1.165) is 12.8 Å². The molecule has 1 amide bonds. The third-order valence-electron chi connectivity index (χ3n) is 3.93. The van der Waals surface area contributed by atoms with Gasteiger partial charge in [0.2, 0.25) is 0 Å². The number of carboxylic acid groups (broad SMARTS) is 1. The second-order valence-corrected chi connectivity index (χ2v) is 7.75. The van der Waals surface area contributed by atoms with Crippen molar-refractivity contribution >= 4 is 46.4 Å². The first kappa shape index (κ1) is 16.6. The minimum absolute atomic E-state index is 0.0552. The zero-order valence-electron chi connectivity index (χ0n) is 11.6. The monoisotopic (exact) mass is 349 g/mol. The molecule has 7 heteroatoms. The van der Waals surface area contributed by atoms with Crippen molar-refractivity contribution in [1.29, 1.82) is 0 Å². The SMILES string of the molecule is CC(CC(=O)O)C1CCCN(C(=O)c2cc(Cl)sc2Cl)C1. The van der Waals surface area contributed by atoms with Crippen LogP contribution in [0.2, 0.25) is 8.67 Å². The van der Waals surface area contributed by atoms with E-state index in [1.54, 1.807) is 11.0 Å². The summed E-state index contributed by atoms with van der Waals surface area (Å²) in [4.78, 5) is 25.1.